The van der Waals surface area contributed by atoms with Crippen LogP contribution < -0.4 is 14.7 Å². The van der Waals surface area contributed by atoms with Crippen LogP contribution in [0.1, 0.15) is 21.7 Å². The number of para-hydroxylation sites is 2. The second-order valence-corrected chi connectivity index (χ2v) is 9.77. The van der Waals surface area contributed by atoms with E-state index in [0.717, 1.165) is 81.7 Å². The first-order valence-corrected chi connectivity index (χ1v) is 12.9. The summed E-state index contributed by atoms with van der Waals surface area (Å²) in [5, 5.41) is 3.96. The summed E-state index contributed by atoms with van der Waals surface area (Å²) in [5.74, 6) is 0.120. The van der Waals surface area contributed by atoms with Crippen LogP contribution in [0.2, 0.25) is 0 Å². The van der Waals surface area contributed by atoms with Gasteiger partial charge in [-0.3, -0.25) is 9.69 Å². The molecule has 0 radical (unpaired) electrons. The van der Waals surface area contributed by atoms with Crippen molar-refractivity contribution in [3.05, 3.63) is 77.6 Å². The molecule has 3 heterocycles. The molecule has 2 fully saturated rings. The van der Waals surface area contributed by atoms with Gasteiger partial charge in [0.15, 0.2) is 10.8 Å². The van der Waals surface area contributed by atoms with Gasteiger partial charge in [0.25, 0.3) is 5.91 Å². The lowest BCUT2D eigenvalue weighted by molar-refractivity contribution is 0.0737. The number of piperazine rings is 2. The number of nitrogens with zero attached hydrogens (tertiary/aromatic N) is 7. The van der Waals surface area contributed by atoms with Crippen LogP contribution in [0.15, 0.2) is 65.8 Å². The Hall–Kier alpha value is -3.94. The number of hydrogen-bond donors (Lipinski definition) is 1. The molecule has 1 N–H and O–H groups in total. The van der Waals surface area contributed by atoms with Crippen molar-refractivity contribution < 1.29 is 4.79 Å². The normalized spacial score (nSPS) is 16.5. The molecule has 0 aliphatic carbocycles. The Morgan fingerprint density at radius 1 is 0.892 bits per heavy atom. The van der Waals surface area contributed by atoms with Crippen molar-refractivity contribution in [1.29, 1.82) is 5.53 Å². The van der Waals surface area contributed by atoms with E-state index in [9.17, 15) is 4.79 Å². The maximum Gasteiger partial charge on any atom is 0.270 e. The summed E-state index contributed by atoms with van der Waals surface area (Å²) < 4.78 is 2.06. The van der Waals surface area contributed by atoms with Crippen LogP contribution in [0.5, 0.6) is 0 Å². The average Bonchev–Trinajstić information content (AvgIpc) is 3.23. The molecule has 0 spiro atoms. The first-order valence-electron chi connectivity index (χ1n) is 12.9. The van der Waals surface area contributed by atoms with Crippen molar-refractivity contribution in [1.82, 2.24) is 19.3 Å². The zero-order valence-corrected chi connectivity index (χ0v) is 21.7. The molecule has 2 aliphatic heterocycles. The van der Waals surface area contributed by atoms with Crippen molar-refractivity contribution in [2.75, 3.05) is 62.2 Å². The van der Waals surface area contributed by atoms with E-state index >= 15 is 0 Å². The van der Waals surface area contributed by atoms with E-state index in [0.29, 0.717) is 0 Å². The van der Waals surface area contributed by atoms with Crippen LogP contribution >= 0.6 is 0 Å². The summed E-state index contributed by atoms with van der Waals surface area (Å²) in [5.41, 5.74) is 13.2. The van der Waals surface area contributed by atoms with Crippen molar-refractivity contribution in [3.63, 3.8) is 0 Å². The van der Waals surface area contributed by atoms with Gasteiger partial charge in [-0.05, 0) is 42.8 Å². The Morgan fingerprint density at radius 2 is 1.54 bits per heavy atom. The number of carbonyl (C=O) groups is 1. The molecule has 9 nitrogen and oxygen atoms in total. The van der Waals surface area contributed by atoms with Gasteiger partial charge in [-0.25, -0.2) is 0 Å². The van der Waals surface area contributed by atoms with E-state index in [4.69, 9.17) is 5.53 Å². The van der Waals surface area contributed by atoms with Gasteiger partial charge >= 0.3 is 0 Å². The molecular formula is C28H35N8O+. The maximum absolute atomic E-state index is 13.4. The highest BCUT2D eigenvalue weighted by Crippen LogP contribution is 2.29. The topological polar surface area (TPSA) is 85.3 Å². The number of benzene rings is 2. The minimum atomic E-state index is 0.120. The SMILES string of the molecule is Cc1c(CN2CCN(c3ccccc3N=[N+]=N)CC2)cc(C(=O)N2CCN(c3ccccc3)CC2)n1C. The molecule has 37 heavy (non-hydrogen) atoms. The standard InChI is InChI=1S/C28H35N8O/c1-22-23(21-33-12-14-35(15-13-33)26-11-7-6-10-25(26)30-31-29)20-27(32(22)2)28(37)36-18-16-34(17-19-36)24-8-4-3-5-9-24/h3-11,20,29H,12-19,21H2,1-2H3/q+1. The van der Waals surface area contributed by atoms with Gasteiger partial charge in [0.05, 0.1) is 5.69 Å². The number of aromatic nitrogens is 1. The molecule has 3 aromatic rings. The van der Waals surface area contributed by atoms with Gasteiger partial charge in [-0.2, -0.15) is 0 Å². The molecule has 9 heteroatoms. The van der Waals surface area contributed by atoms with Crippen LogP contribution in [0.25, 0.3) is 0 Å². The highest BCUT2D eigenvalue weighted by Gasteiger charge is 2.27. The molecule has 0 unspecified atom stereocenters. The second-order valence-electron chi connectivity index (χ2n) is 9.77. The van der Waals surface area contributed by atoms with Crippen molar-refractivity contribution >= 4 is 23.0 Å². The zero-order valence-electron chi connectivity index (χ0n) is 21.7. The lowest BCUT2D eigenvalue weighted by Gasteiger charge is -2.36. The maximum atomic E-state index is 13.4. The van der Waals surface area contributed by atoms with E-state index in [2.05, 4.69) is 66.5 Å². The molecule has 2 aromatic carbocycles. The van der Waals surface area contributed by atoms with E-state index < -0.39 is 0 Å². The molecule has 1 aromatic heterocycles. The molecule has 0 bridgehead atoms. The van der Waals surface area contributed by atoms with Crippen LogP contribution in [0.4, 0.5) is 17.1 Å². The highest BCUT2D eigenvalue weighted by atomic mass is 16.2. The number of amides is 1. The van der Waals surface area contributed by atoms with Crippen LogP contribution in [0, 0.1) is 12.5 Å². The molecule has 2 aliphatic rings. The quantitative estimate of drug-likeness (QED) is 0.413. The van der Waals surface area contributed by atoms with Crippen molar-refractivity contribution in [3.8, 4) is 0 Å². The lowest BCUT2D eigenvalue weighted by Crippen LogP contribution is -2.49. The molecule has 1 amide bonds. The third-order valence-electron chi connectivity index (χ3n) is 7.69. The number of carbonyl (C=O) groups excluding carboxylic acids is 1. The summed E-state index contributed by atoms with van der Waals surface area (Å²) in [6.45, 7) is 9.71. The third-order valence-corrected chi connectivity index (χ3v) is 7.69. The first kappa shape index (κ1) is 24.7. The van der Waals surface area contributed by atoms with E-state index in [1.807, 2.05) is 42.3 Å². The molecule has 0 saturated carbocycles. The zero-order chi connectivity index (χ0) is 25.8. The van der Waals surface area contributed by atoms with Crippen molar-refractivity contribution in [2.45, 2.75) is 13.5 Å². The van der Waals surface area contributed by atoms with E-state index in [1.165, 1.54) is 11.3 Å². The predicted molar refractivity (Wildman–Crippen MR) is 146 cm³/mol. The summed E-state index contributed by atoms with van der Waals surface area (Å²) in [4.78, 5) is 25.8. The Bertz CT molecular complexity index is 1280. The van der Waals surface area contributed by atoms with Gasteiger partial charge in [-0.1, -0.05) is 30.3 Å². The van der Waals surface area contributed by atoms with Crippen LogP contribution in [0.3, 0.4) is 0 Å². The van der Waals surface area contributed by atoms with Gasteiger partial charge in [0, 0.05) is 77.3 Å². The average molecular weight is 500 g/mol. The number of rotatable bonds is 6. The summed E-state index contributed by atoms with van der Waals surface area (Å²) >= 11 is 0. The fourth-order valence-corrected chi connectivity index (χ4v) is 5.35. The Labute approximate surface area is 218 Å². The summed E-state index contributed by atoms with van der Waals surface area (Å²) in [6, 6.07) is 20.4. The molecule has 5 rings (SSSR count). The fourth-order valence-electron chi connectivity index (χ4n) is 5.35. The third kappa shape index (κ3) is 5.28. The Balaban J connectivity index is 1.20. The lowest BCUT2D eigenvalue weighted by atomic mass is 10.2. The van der Waals surface area contributed by atoms with E-state index in [-0.39, 0.29) is 5.91 Å². The first-order chi connectivity index (χ1) is 18.0. The molecule has 0 atom stereocenters. The monoisotopic (exact) mass is 499 g/mol. The Kier molecular flexibility index (Phi) is 7.35. The van der Waals surface area contributed by atoms with Gasteiger partial charge in [-0.15, -0.1) is 0 Å². The smallest absolute Gasteiger partial charge is 0.270 e. The van der Waals surface area contributed by atoms with Gasteiger partial charge < -0.3 is 19.3 Å². The van der Waals surface area contributed by atoms with Crippen LogP contribution in [-0.4, -0.2) is 72.6 Å². The molecule has 2 saturated heterocycles. The van der Waals surface area contributed by atoms with Gasteiger partial charge in [0.2, 0.25) is 4.91 Å². The summed E-state index contributed by atoms with van der Waals surface area (Å²) in [6.07, 6.45) is 0. The van der Waals surface area contributed by atoms with Gasteiger partial charge in [0.1, 0.15) is 11.2 Å². The number of anilines is 2. The number of nitrogens with one attached hydrogen (secondary N) is 1. The number of hydrogen-bond acceptors (Lipinski definition) is 6. The fraction of sp³-hybridized carbons (Fsp3) is 0.393. The predicted octanol–water partition coefficient (Wildman–Crippen LogP) is 3.80. The summed E-state index contributed by atoms with van der Waals surface area (Å²) in [7, 11) is 2.00. The minimum Gasteiger partial charge on any atom is -0.368 e. The second kappa shape index (κ2) is 11.0. The Morgan fingerprint density at radius 3 is 2.24 bits per heavy atom. The molecular weight excluding hydrogens is 464 g/mol. The van der Waals surface area contributed by atoms with Crippen LogP contribution in [-0.2, 0) is 13.6 Å². The largest absolute Gasteiger partial charge is 0.368 e. The van der Waals surface area contributed by atoms with Crippen molar-refractivity contribution in [2.24, 2.45) is 12.2 Å². The molecule has 192 valence electrons. The highest BCUT2D eigenvalue weighted by molar-refractivity contribution is 5.93. The van der Waals surface area contributed by atoms with E-state index in [1.54, 1.807) is 0 Å². The minimum absolute atomic E-state index is 0.120.